The molecule has 1 unspecified atom stereocenters. The van der Waals surface area contributed by atoms with Crippen LogP contribution < -0.4 is 10.1 Å². The molecule has 0 heterocycles. The number of hydrogen-bond donors (Lipinski definition) is 1. The number of thioether (sulfide) groups is 1. The van der Waals surface area contributed by atoms with Gasteiger partial charge in [-0.1, -0.05) is 18.5 Å². The van der Waals surface area contributed by atoms with Crippen LogP contribution in [0.5, 0.6) is 5.75 Å². The molecule has 96 valence electrons. The first-order chi connectivity index (χ1) is 8.22. The van der Waals surface area contributed by atoms with Crippen molar-refractivity contribution in [3.05, 3.63) is 28.8 Å². The summed E-state index contributed by atoms with van der Waals surface area (Å²) in [5.41, 5.74) is 1.15. The summed E-state index contributed by atoms with van der Waals surface area (Å²) < 4.78 is 5.40. The number of hydrogen-bond acceptors (Lipinski definition) is 3. The molecule has 0 bridgehead atoms. The molecule has 0 aliphatic heterocycles. The zero-order valence-corrected chi connectivity index (χ0v) is 12.2. The number of methoxy groups -OCH3 is 1. The predicted octanol–water partition coefficient (Wildman–Crippen LogP) is 3.75. The van der Waals surface area contributed by atoms with E-state index < -0.39 is 0 Å². The first-order valence-electron chi connectivity index (χ1n) is 5.78. The minimum absolute atomic E-state index is 0.307. The average molecular weight is 274 g/mol. The van der Waals surface area contributed by atoms with E-state index in [-0.39, 0.29) is 0 Å². The summed E-state index contributed by atoms with van der Waals surface area (Å²) in [4.78, 5) is 0. The van der Waals surface area contributed by atoms with Gasteiger partial charge in [0.2, 0.25) is 0 Å². The molecule has 0 fully saturated rings. The van der Waals surface area contributed by atoms with E-state index in [2.05, 4.69) is 18.5 Å². The molecule has 1 atom stereocenters. The minimum atomic E-state index is 0.307. The summed E-state index contributed by atoms with van der Waals surface area (Å²) >= 11 is 7.92. The van der Waals surface area contributed by atoms with Gasteiger partial charge in [-0.3, -0.25) is 0 Å². The van der Waals surface area contributed by atoms with Crippen molar-refractivity contribution in [2.45, 2.75) is 19.4 Å². The van der Waals surface area contributed by atoms with Gasteiger partial charge in [0.05, 0.1) is 7.11 Å². The van der Waals surface area contributed by atoms with E-state index >= 15 is 0 Å². The predicted molar refractivity (Wildman–Crippen MR) is 77.4 cm³/mol. The Balaban J connectivity index is 2.93. The number of benzene rings is 1. The first-order valence-corrected chi connectivity index (χ1v) is 7.55. The van der Waals surface area contributed by atoms with Crippen LogP contribution in [0.1, 0.15) is 24.9 Å². The molecule has 0 radical (unpaired) electrons. The number of rotatable bonds is 7. The van der Waals surface area contributed by atoms with Gasteiger partial charge >= 0.3 is 0 Å². The lowest BCUT2D eigenvalue weighted by Gasteiger charge is -2.20. The Bertz CT molecular complexity index is 346. The highest BCUT2D eigenvalue weighted by Gasteiger charge is 2.15. The second-order valence-corrected chi connectivity index (χ2v) is 5.20. The topological polar surface area (TPSA) is 21.3 Å². The van der Waals surface area contributed by atoms with Crippen LogP contribution in [0, 0.1) is 0 Å². The third-order valence-corrected chi connectivity index (χ3v) is 3.51. The quantitative estimate of drug-likeness (QED) is 0.818. The van der Waals surface area contributed by atoms with E-state index in [1.165, 1.54) is 0 Å². The Hall–Kier alpha value is -0.380. The summed E-state index contributed by atoms with van der Waals surface area (Å²) in [5.74, 6) is 2.02. The van der Waals surface area contributed by atoms with Gasteiger partial charge in [0.15, 0.2) is 0 Å². The summed E-state index contributed by atoms with van der Waals surface area (Å²) in [6.45, 7) is 3.05. The van der Waals surface area contributed by atoms with Crippen LogP contribution in [0.15, 0.2) is 18.2 Å². The zero-order chi connectivity index (χ0) is 12.7. The van der Waals surface area contributed by atoms with Gasteiger partial charge in [0.1, 0.15) is 5.75 Å². The van der Waals surface area contributed by atoms with E-state index in [4.69, 9.17) is 16.3 Å². The Morgan fingerprint density at radius 2 is 2.24 bits per heavy atom. The summed E-state index contributed by atoms with van der Waals surface area (Å²) in [5, 5.41) is 4.24. The van der Waals surface area contributed by atoms with Gasteiger partial charge < -0.3 is 10.1 Å². The average Bonchev–Trinajstić information content (AvgIpc) is 2.34. The van der Waals surface area contributed by atoms with Crippen LogP contribution >= 0.6 is 23.4 Å². The fraction of sp³-hybridized carbons (Fsp3) is 0.538. The fourth-order valence-electron chi connectivity index (χ4n) is 1.83. The first kappa shape index (κ1) is 14.7. The molecule has 17 heavy (non-hydrogen) atoms. The molecule has 1 N–H and O–H groups in total. The van der Waals surface area contributed by atoms with E-state index in [1.54, 1.807) is 7.11 Å². The van der Waals surface area contributed by atoms with Gasteiger partial charge in [0, 0.05) is 16.6 Å². The summed E-state index contributed by atoms with van der Waals surface area (Å²) in [7, 11) is 1.70. The largest absolute Gasteiger partial charge is 0.496 e. The lowest BCUT2D eigenvalue weighted by atomic mass is 10.0. The van der Waals surface area contributed by atoms with Crippen molar-refractivity contribution in [1.82, 2.24) is 5.32 Å². The molecular weight excluding hydrogens is 254 g/mol. The van der Waals surface area contributed by atoms with Gasteiger partial charge in [-0.25, -0.2) is 0 Å². The highest BCUT2D eigenvalue weighted by molar-refractivity contribution is 7.98. The Kier molecular flexibility index (Phi) is 6.78. The van der Waals surface area contributed by atoms with E-state index in [9.17, 15) is 0 Å². The second kappa shape index (κ2) is 7.85. The van der Waals surface area contributed by atoms with Gasteiger partial charge in [0.25, 0.3) is 0 Å². The van der Waals surface area contributed by atoms with Crippen LogP contribution in [-0.4, -0.2) is 25.7 Å². The maximum Gasteiger partial charge on any atom is 0.123 e. The monoisotopic (exact) mass is 273 g/mol. The van der Waals surface area contributed by atoms with Crippen molar-refractivity contribution in [3.8, 4) is 5.75 Å². The lowest BCUT2D eigenvalue weighted by molar-refractivity contribution is 0.398. The van der Waals surface area contributed by atoms with Crippen molar-refractivity contribution in [2.75, 3.05) is 25.7 Å². The highest BCUT2D eigenvalue weighted by Crippen LogP contribution is 2.30. The van der Waals surface area contributed by atoms with Crippen molar-refractivity contribution in [3.63, 3.8) is 0 Å². The maximum absolute atomic E-state index is 6.06. The normalized spacial score (nSPS) is 12.5. The Morgan fingerprint density at radius 3 is 2.82 bits per heavy atom. The van der Waals surface area contributed by atoms with Crippen LogP contribution in [-0.2, 0) is 0 Å². The van der Waals surface area contributed by atoms with Crippen molar-refractivity contribution in [2.24, 2.45) is 0 Å². The van der Waals surface area contributed by atoms with Gasteiger partial charge in [-0.2, -0.15) is 11.8 Å². The summed E-state index contributed by atoms with van der Waals surface area (Å²) in [6, 6.07) is 6.09. The molecule has 0 saturated carbocycles. The van der Waals surface area contributed by atoms with Gasteiger partial charge in [-0.15, -0.1) is 0 Å². The molecular formula is C13H20ClNOS. The standard InChI is InChI=1S/C13H20ClNOS/c1-4-15-12(7-8-17-3)11-9-10(14)5-6-13(11)16-2/h5-6,9,12,15H,4,7-8H2,1-3H3. The number of ether oxygens (including phenoxy) is 1. The van der Waals surface area contributed by atoms with Crippen LogP contribution in [0.2, 0.25) is 5.02 Å². The van der Waals surface area contributed by atoms with Crippen molar-refractivity contribution >= 4 is 23.4 Å². The molecule has 2 nitrogen and oxygen atoms in total. The van der Waals surface area contributed by atoms with Crippen molar-refractivity contribution in [1.29, 1.82) is 0 Å². The SMILES string of the molecule is CCNC(CCSC)c1cc(Cl)ccc1OC. The fourth-order valence-corrected chi connectivity index (χ4v) is 2.48. The van der Waals surface area contributed by atoms with Crippen LogP contribution in [0.25, 0.3) is 0 Å². The Labute approximate surface area is 113 Å². The number of nitrogens with one attached hydrogen (secondary N) is 1. The molecule has 0 aliphatic carbocycles. The smallest absolute Gasteiger partial charge is 0.123 e. The molecule has 4 heteroatoms. The van der Waals surface area contributed by atoms with Crippen LogP contribution in [0.4, 0.5) is 0 Å². The second-order valence-electron chi connectivity index (χ2n) is 3.78. The lowest BCUT2D eigenvalue weighted by Crippen LogP contribution is -2.22. The van der Waals surface area contributed by atoms with Gasteiger partial charge in [-0.05, 0) is 43.2 Å². The molecule has 0 saturated heterocycles. The molecule has 1 aromatic rings. The molecule has 0 amide bonds. The molecule has 0 aliphatic rings. The maximum atomic E-state index is 6.06. The Morgan fingerprint density at radius 1 is 1.47 bits per heavy atom. The van der Waals surface area contributed by atoms with E-state index in [0.717, 1.165) is 35.1 Å². The van der Waals surface area contributed by atoms with Crippen LogP contribution in [0.3, 0.4) is 0 Å². The van der Waals surface area contributed by atoms with E-state index in [1.807, 2.05) is 30.0 Å². The third kappa shape index (κ3) is 4.41. The number of halogens is 1. The molecule has 1 aromatic carbocycles. The molecule has 0 spiro atoms. The molecule has 1 rings (SSSR count). The minimum Gasteiger partial charge on any atom is -0.496 e. The molecule has 0 aromatic heterocycles. The van der Waals surface area contributed by atoms with Crippen molar-refractivity contribution < 1.29 is 4.74 Å². The zero-order valence-electron chi connectivity index (χ0n) is 10.6. The van der Waals surface area contributed by atoms with E-state index in [0.29, 0.717) is 6.04 Å². The highest BCUT2D eigenvalue weighted by atomic mass is 35.5. The third-order valence-electron chi connectivity index (χ3n) is 2.63. The summed E-state index contributed by atoms with van der Waals surface area (Å²) in [6.07, 6.45) is 3.20.